The van der Waals surface area contributed by atoms with E-state index < -0.39 is 301 Å². The van der Waals surface area contributed by atoms with E-state index >= 15 is 0 Å². The lowest BCUT2D eigenvalue weighted by molar-refractivity contribution is 0.329. The third-order valence-corrected chi connectivity index (χ3v) is 14.6. The predicted molar refractivity (Wildman–Crippen MR) is 290 cm³/mol. The van der Waals surface area contributed by atoms with Crippen LogP contribution in [-0.2, 0) is 0 Å². The highest BCUT2D eigenvalue weighted by Crippen LogP contribution is 2.68. The molecule has 0 saturated carbocycles. The van der Waals surface area contributed by atoms with Gasteiger partial charge >= 0.3 is 0 Å². The van der Waals surface area contributed by atoms with Crippen molar-refractivity contribution in [3.63, 3.8) is 0 Å². The maximum absolute atomic E-state index is 12.7. The summed E-state index contributed by atoms with van der Waals surface area (Å²) >= 11 is 0. The number of fused-ring (bicyclic) bond motifs is 5. The second kappa shape index (κ2) is 18.4. The maximum atomic E-state index is 12.7. The van der Waals surface area contributed by atoms with Crippen LogP contribution in [0.5, 0.6) is 190 Å². The summed E-state index contributed by atoms with van der Waals surface area (Å²) in [5.41, 5.74) is -16.7. The number of aromatic nitrogens is 3. The predicted octanol–water partition coefficient (Wildman–Crippen LogP) is 4.36. The quantitative estimate of drug-likeness (QED) is 0.0812. The van der Waals surface area contributed by atoms with Gasteiger partial charge in [0.15, 0.2) is 121 Å². The molecule has 0 fully saturated rings. The molecule has 11 rings (SSSR count). The molecule has 0 aliphatic rings. The lowest BCUT2D eigenvalue weighted by Crippen LogP contribution is -2.03. The van der Waals surface area contributed by atoms with Crippen LogP contribution in [0, 0.1) is 0 Å². The molecule has 0 unspecified atom stereocenters. The first-order valence-corrected chi connectivity index (χ1v) is 23.9. The van der Waals surface area contributed by atoms with Crippen LogP contribution < -0.4 is 0 Å². The highest BCUT2D eigenvalue weighted by Gasteiger charge is 2.41. The Labute approximate surface area is 487 Å². The van der Waals surface area contributed by atoms with Gasteiger partial charge in [-0.2, -0.15) is 0 Å². The van der Waals surface area contributed by atoms with E-state index in [1.165, 1.54) is 0 Å². The van der Waals surface area contributed by atoms with Gasteiger partial charge in [0, 0.05) is 0 Å². The van der Waals surface area contributed by atoms with Gasteiger partial charge < -0.3 is 173 Å². The summed E-state index contributed by atoms with van der Waals surface area (Å²) in [5, 5.41) is 360. The van der Waals surface area contributed by atoms with Gasteiger partial charge in [-0.3, -0.25) is 0 Å². The molecule has 0 atom stereocenters. The van der Waals surface area contributed by atoms with E-state index in [0.29, 0.717) is 0 Å². The van der Waals surface area contributed by atoms with E-state index in [2.05, 4.69) is 15.0 Å². The summed E-state index contributed by atoms with van der Waals surface area (Å²) in [6, 6.07) is 0. The summed E-state index contributed by atoms with van der Waals surface area (Å²) in [6.07, 6.45) is 0. The second-order valence-electron chi connectivity index (χ2n) is 19.2. The first kappa shape index (κ1) is 57.5. The molecule has 11 aromatic rings. The number of phenols is 33. The number of phenolic OH excluding ortho intramolecular Hbond substituents is 33. The topological polar surface area (TPSA) is 719 Å². The van der Waals surface area contributed by atoms with E-state index in [-0.39, 0.29) is 0 Å². The Balaban J connectivity index is 1.37. The lowest BCUT2D eigenvalue weighted by Gasteiger charge is -2.21. The Morgan fingerprint density at radius 2 is 0.322 bits per heavy atom. The molecule has 33 N–H and O–H groups in total. The summed E-state index contributed by atoms with van der Waals surface area (Å²) in [6.45, 7) is 0. The van der Waals surface area contributed by atoms with Gasteiger partial charge in [-0.1, -0.05) is 0 Å². The Bertz CT molecular complexity index is 5170. The van der Waals surface area contributed by atoms with Crippen molar-refractivity contribution in [2.75, 3.05) is 0 Å². The molecule has 0 saturated heterocycles. The van der Waals surface area contributed by atoms with Crippen LogP contribution in [0.1, 0.15) is 0 Å². The third-order valence-electron chi connectivity index (χ3n) is 14.6. The SMILES string of the molecule is Oc1c(O)c(O)c(-c2c(O)c(O)c(O)c(-c3nc(-c4c(O)c(O)c5c(O)c(-c6c(O)c(O)c(O)c(O)c6O)c(O)c(O)c5c4O)nc(-c4c(O)c(-c5c(O)c(O)c6c(O)c(O)c(O)c(O)c6c5O)c(O)c5oc6c(O)c(O)c(O)c(O)c6c45)n3)c2O)c(O)c1O. The average Bonchev–Trinajstić information content (AvgIpc) is 1.21. The molecule has 464 valence electrons. The van der Waals surface area contributed by atoms with Crippen LogP contribution in [0.4, 0.5) is 0 Å². The fraction of sp³-hybridized carbons (Fsp3) is 0. The summed E-state index contributed by atoms with van der Waals surface area (Å²) < 4.78 is 5.60. The molecule has 2 heterocycles. The molecule has 0 spiro atoms. The van der Waals surface area contributed by atoms with Gasteiger partial charge in [-0.15, -0.1) is 0 Å². The number of aromatic hydroxyl groups is 33. The molecule has 0 bridgehead atoms. The normalized spacial score (nSPS) is 11.7. The molecule has 90 heavy (non-hydrogen) atoms. The number of furan rings is 1. The third kappa shape index (κ3) is 6.90. The molecule has 0 aliphatic heterocycles. The van der Waals surface area contributed by atoms with Crippen molar-refractivity contribution in [3.8, 4) is 257 Å². The molecular weight excluding hydrogens is 1220 g/mol. The Morgan fingerprint density at radius 3 is 0.711 bits per heavy atom. The van der Waals surface area contributed by atoms with Crippen LogP contribution >= 0.6 is 0 Å². The Hall–Kier alpha value is -14.3. The zero-order valence-corrected chi connectivity index (χ0v) is 43.0. The molecule has 37 nitrogen and oxygen atoms in total. The molecule has 9 aromatic carbocycles. The van der Waals surface area contributed by atoms with E-state index in [0.717, 1.165) is 0 Å². The average molecular weight is 1260 g/mol. The van der Waals surface area contributed by atoms with Crippen molar-refractivity contribution in [1.82, 2.24) is 15.0 Å². The minimum Gasteiger partial charge on any atom is -0.506 e. The Kier molecular flexibility index (Phi) is 11.7. The molecular formula is C53H33N3O34. The first-order chi connectivity index (χ1) is 42.0. The van der Waals surface area contributed by atoms with Crippen molar-refractivity contribution in [3.05, 3.63) is 0 Å². The van der Waals surface area contributed by atoms with Gasteiger partial charge in [0.25, 0.3) is 0 Å². The standard InChI is InChI=1S/C53H33N3O34/c57-16-2-3(21(62)23(64)5(16)10-29(70)40(81)45(86)41(82)30(10)71)19(60)14(34(75)24(2)65)52-54-51(55-53(56-52)15-20(61)7(26(67)37(78)35(15)76)11-31(72)42(83)46(87)43(84)32(11)73)13-1-12-33(74)44(85)47(88)48(89)50(12)90-49(1)36(77)8(18(13)59)4-17(58)6-9(25(66)22(4)63)28(69)39(80)38(79)27(6)68/h57-89H. The first-order valence-electron chi connectivity index (χ1n) is 23.9. The van der Waals surface area contributed by atoms with Crippen LogP contribution in [0.25, 0.3) is 111 Å². The number of benzene rings is 9. The van der Waals surface area contributed by atoms with Gasteiger partial charge in [-0.25, -0.2) is 15.0 Å². The van der Waals surface area contributed by atoms with Crippen LogP contribution in [0.15, 0.2) is 4.42 Å². The van der Waals surface area contributed by atoms with Crippen LogP contribution in [-0.4, -0.2) is 183 Å². The van der Waals surface area contributed by atoms with Crippen molar-refractivity contribution >= 4 is 43.5 Å². The van der Waals surface area contributed by atoms with Gasteiger partial charge in [0.2, 0.25) is 69.0 Å². The van der Waals surface area contributed by atoms with Crippen molar-refractivity contribution < 1.29 is 173 Å². The van der Waals surface area contributed by atoms with E-state index in [1.807, 2.05) is 0 Å². The summed E-state index contributed by atoms with van der Waals surface area (Å²) in [4.78, 5) is 11.9. The number of hydrogen-bond donors (Lipinski definition) is 33. The number of hydrogen-bond acceptors (Lipinski definition) is 37. The highest BCUT2D eigenvalue weighted by atomic mass is 16.4. The lowest BCUT2D eigenvalue weighted by atomic mass is 9.91. The zero-order chi connectivity index (χ0) is 66.4. The minimum atomic E-state index is -1.90. The fourth-order valence-electron chi connectivity index (χ4n) is 10.3. The van der Waals surface area contributed by atoms with Crippen molar-refractivity contribution in [2.24, 2.45) is 0 Å². The smallest absolute Gasteiger partial charge is 0.208 e. The number of nitrogens with zero attached hydrogens (tertiary/aromatic N) is 3. The minimum absolute atomic E-state index is 1.20. The molecule has 2 aromatic heterocycles. The monoisotopic (exact) mass is 1260 g/mol. The maximum Gasteiger partial charge on any atom is 0.208 e. The second-order valence-corrected chi connectivity index (χ2v) is 19.2. The Morgan fingerprint density at radius 1 is 0.133 bits per heavy atom. The summed E-state index contributed by atoms with van der Waals surface area (Å²) in [5.74, 6) is -62.0. The number of rotatable bonds is 6. The van der Waals surface area contributed by atoms with E-state index in [1.54, 1.807) is 0 Å². The molecule has 0 aliphatic carbocycles. The van der Waals surface area contributed by atoms with Crippen molar-refractivity contribution in [1.29, 1.82) is 0 Å². The zero-order valence-electron chi connectivity index (χ0n) is 43.0. The molecule has 0 amide bonds. The highest BCUT2D eigenvalue weighted by molar-refractivity contribution is 6.23. The fourth-order valence-corrected chi connectivity index (χ4v) is 10.3. The van der Waals surface area contributed by atoms with Gasteiger partial charge in [0.1, 0.15) is 39.9 Å². The van der Waals surface area contributed by atoms with Gasteiger partial charge in [0.05, 0.1) is 71.3 Å². The van der Waals surface area contributed by atoms with Crippen LogP contribution in [0.3, 0.4) is 0 Å². The van der Waals surface area contributed by atoms with Crippen molar-refractivity contribution in [2.45, 2.75) is 0 Å². The summed E-state index contributed by atoms with van der Waals surface area (Å²) in [7, 11) is 0. The largest absolute Gasteiger partial charge is 0.506 e. The molecule has 37 heteroatoms. The van der Waals surface area contributed by atoms with E-state index in [9.17, 15) is 169 Å². The van der Waals surface area contributed by atoms with E-state index in [4.69, 9.17) is 4.42 Å². The van der Waals surface area contributed by atoms with Gasteiger partial charge in [-0.05, 0) is 0 Å². The molecule has 0 radical (unpaired) electrons. The van der Waals surface area contributed by atoms with Crippen LogP contribution in [0.2, 0.25) is 0 Å².